The Balaban J connectivity index is 1.54. The van der Waals surface area contributed by atoms with Gasteiger partial charge >= 0.3 is 5.97 Å². The number of nitrogens with one attached hydrogen (secondary N) is 3. The first-order chi connectivity index (χ1) is 18.4. The lowest BCUT2D eigenvalue weighted by Gasteiger charge is -2.17. The summed E-state index contributed by atoms with van der Waals surface area (Å²) in [4.78, 5) is 11.5. The Hall–Kier alpha value is -3.17. The lowest BCUT2D eigenvalue weighted by Crippen LogP contribution is -2.41. The Morgan fingerprint density at radius 3 is 2.26 bits per heavy atom. The van der Waals surface area contributed by atoms with Gasteiger partial charge in [-0.05, 0) is 61.2 Å². The van der Waals surface area contributed by atoms with E-state index >= 15 is 0 Å². The lowest BCUT2D eigenvalue weighted by molar-refractivity contribution is -0.141. The predicted molar refractivity (Wildman–Crippen MR) is 153 cm³/mol. The van der Waals surface area contributed by atoms with E-state index in [0.29, 0.717) is 26.7 Å². The molecule has 0 aliphatic heterocycles. The zero-order valence-corrected chi connectivity index (χ0v) is 22.9. The molecule has 0 unspecified atom stereocenters. The monoisotopic (exact) mass is 523 g/mol. The largest absolute Gasteiger partial charge is 0.480 e. The fourth-order valence-electron chi connectivity index (χ4n) is 4.32. The molecule has 0 aromatic heterocycles. The van der Waals surface area contributed by atoms with Gasteiger partial charge in [0, 0.05) is 23.5 Å². The molecular formula is C30H41N3O5. The van der Waals surface area contributed by atoms with Crippen molar-refractivity contribution in [2.75, 3.05) is 44.0 Å². The maximum Gasteiger partial charge on any atom is 0.323 e. The summed E-state index contributed by atoms with van der Waals surface area (Å²) in [5, 5.41) is 21.3. The Bertz CT molecular complexity index is 1160. The van der Waals surface area contributed by atoms with E-state index in [-0.39, 0.29) is 13.3 Å². The van der Waals surface area contributed by atoms with Crippen LogP contribution in [-0.4, -0.2) is 50.5 Å². The van der Waals surface area contributed by atoms with E-state index in [9.17, 15) is 9.90 Å². The molecule has 0 aliphatic rings. The van der Waals surface area contributed by atoms with Crippen LogP contribution in [0.25, 0.3) is 10.8 Å². The molecule has 8 heteroatoms. The maximum absolute atomic E-state index is 11.5. The summed E-state index contributed by atoms with van der Waals surface area (Å²) >= 11 is 0. The number of anilines is 2. The van der Waals surface area contributed by atoms with Crippen molar-refractivity contribution in [1.29, 1.82) is 0 Å². The highest BCUT2D eigenvalue weighted by Gasteiger charge is 2.17. The van der Waals surface area contributed by atoms with Gasteiger partial charge in [0.15, 0.2) is 0 Å². The maximum atomic E-state index is 11.5. The van der Waals surface area contributed by atoms with Gasteiger partial charge in [-0.25, -0.2) is 0 Å². The molecule has 0 amide bonds. The number of carbonyl (C=O) groups is 1. The number of aliphatic carboxylic acids is 1. The Morgan fingerprint density at radius 2 is 1.58 bits per heavy atom. The molecule has 0 heterocycles. The van der Waals surface area contributed by atoms with Gasteiger partial charge < -0.3 is 30.0 Å². The summed E-state index contributed by atoms with van der Waals surface area (Å²) in [5.74, 6) is -0.958. The van der Waals surface area contributed by atoms with Crippen molar-refractivity contribution in [3.05, 3.63) is 70.8 Å². The molecule has 0 spiro atoms. The number of benzene rings is 3. The van der Waals surface area contributed by atoms with Crippen molar-refractivity contribution >= 4 is 28.1 Å². The summed E-state index contributed by atoms with van der Waals surface area (Å²) in [6.07, 6.45) is 1.91. The normalized spacial score (nSPS) is 12.0. The van der Waals surface area contributed by atoms with Crippen molar-refractivity contribution < 1.29 is 24.1 Å². The van der Waals surface area contributed by atoms with Gasteiger partial charge in [0.2, 0.25) is 0 Å². The fourth-order valence-corrected chi connectivity index (χ4v) is 4.32. The second kappa shape index (κ2) is 15.3. The summed E-state index contributed by atoms with van der Waals surface area (Å²) in [5.41, 5.74) is 6.59. The van der Waals surface area contributed by atoms with Crippen LogP contribution in [0.3, 0.4) is 0 Å². The summed E-state index contributed by atoms with van der Waals surface area (Å²) in [7, 11) is 0. The van der Waals surface area contributed by atoms with Crippen LogP contribution >= 0.6 is 0 Å². The third kappa shape index (κ3) is 8.99. The Kier molecular flexibility index (Phi) is 11.8. The number of hydrogen-bond donors (Lipinski definition) is 4. The molecule has 206 valence electrons. The first-order valence-electron chi connectivity index (χ1n) is 13.2. The minimum atomic E-state index is -0.958. The van der Waals surface area contributed by atoms with Crippen LogP contribution in [0.5, 0.6) is 0 Å². The minimum Gasteiger partial charge on any atom is -0.480 e. The summed E-state index contributed by atoms with van der Waals surface area (Å²) < 4.78 is 17.1. The van der Waals surface area contributed by atoms with E-state index in [1.165, 1.54) is 16.7 Å². The third-order valence-electron chi connectivity index (χ3n) is 6.28. The van der Waals surface area contributed by atoms with Gasteiger partial charge in [0.05, 0.1) is 19.9 Å². The van der Waals surface area contributed by atoms with Crippen LogP contribution < -0.4 is 16.0 Å². The quantitative estimate of drug-likeness (QED) is 0.135. The number of carboxylic acids is 1. The van der Waals surface area contributed by atoms with Crippen molar-refractivity contribution in [3.63, 3.8) is 0 Å². The second-order valence-electron chi connectivity index (χ2n) is 9.49. The highest BCUT2D eigenvalue weighted by molar-refractivity contribution is 5.87. The van der Waals surface area contributed by atoms with E-state index in [1.807, 2.05) is 12.1 Å². The zero-order chi connectivity index (χ0) is 27.3. The molecule has 3 aromatic rings. The first kappa shape index (κ1) is 29.4. The molecule has 0 fully saturated rings. The zero-order valence-electron chi connectivity index (χ0n) is 22.9. The van der Waals surface area contributed by atoms with Crippen molar-refractivity contribution in [2.45, 2.75) is 53.2 Å². The van der Waals surface area contributed by atoms with E-state index in [4.69, 9.17) is 14.2 Å². The van der Waals surface area contributed by atoms with Gasteiger partial charge in [-0.3, -0.25) is 10.1 Å². The number of carboxylic acid groups (broad SMARTS) is 1. The minimum absolute atomic E-state index is 0.0933. The molecule has 0 saturated carbocycles. The Morgan fingerprint density at radius 1 is 0.895 bits per heavy atom. The fraction of sp³-hybridized carbons (Fsp3) is 0.433. The van der Waals surface area contributed by atoms with Crippen molar-refractivity contribution in [2.24, 2.45) is 0 Å². The van der Waals surface area contributed by atoms with Crippen LogP contribution in [0, 0.1) is 20.8 Å². The van der Waals surface area contributed by atoms with Gasteiger partial charge in [-0.1, -0.05) is 55.3 Å². The van der Waals surface area contributed by atoms with Crippen LogP contribution in [0.1, 0.15) is 42.0 Å². The van der Waals surface area contributed by atoms with Crippen molar-refractivity contribution in [3.8, 4) is 0 Å². The molecule has 8 nitrogen and oxygen atoms in total. The molecule has 0 saturated heterocycles. The molecular weight excluding hydrogens is 482 g/mol. The van der Waals surface area contributed by atoms with E-state index in [0.717, 1.165) is 40.6 Å². The van der Waals surface area contributed by atoms with Gasteiger partial charge in [-0.2, -0.15) is 0 Å². The molecule has 3 aromatic carbocycles. The first-order valence-corrected chi connectivity index (χ1v) is 13.2. The van der Waals surface area contributed by atoms with Gasteiger partial charge in [-0.15, -0.1) is 0 Å². The van der Waals surface area contributed by atoms with Crippen LogP contribution in [0.15, 0.2) is 48.5 Å². The third-order valence-corrected chi connectivity index (χ3v) is 6.28. The smallest absolute Gasteiger partial charge is 0.323 e. The Labute approximate surface area is 225 Å². The van der Waals surface area contributed by atoms with E-state index in [2.05, 4.69) is 80.0 Å². The predicted octanol–water partition coefficient (Wildman–Crippen LogP) is 5.55. The van der Waals surface area contributed by atoms with Crippen LogP contribution in [-0.2, 0) is 25.6 Å². The van der Waals surface area contributed by atoms with Crippen LogP contribution in [0.4, 0.5) is 11.4 Å². The number of ether oxygens (including phenoxy) is 3. The molecule has 0 radical (unpaired) electrons. The molecule has 0 aliphatic carbocycles. The highest BCUT2D eigenvalue weighted by atomic mass is 16.5. The lowest BCUT2D eigenvalue weighted by atomic mass is 10.1. The molecule has 38 heavy (non-hydrogen) atoms. The van der Waals surface area contributed by atoms with E-state index in [1.54, 1.807) is 0 Å². The number of fused-ring (bicyclic) bond motifs is 1. The molecule has 0 bridgehead atoms. The summed E-state index contributed by atoms with van der Waals surface area (Å²) in [6.45, 7) is 10.1. The SMILES string of the molecule is CCCCOC[C@H](NCOCc1cc2ccccc2cc1NCOCNc1c(C)cc(C)cc1C)C(=O)O. The number of aryl methyl sites for hydroxylation is 3. The average molecular weight is 524 g/mol. The molecule has 4 N–H and O–H groups in total. The van der Waals surface area contributed by atoms with Crippen LogP contribution in [0.2, 0.25) is 0 Å². The standard InChI is InChI=1S/C30H41N3O5/c1-5-6-11-36-17-28(30(34)35)32-18-37-16-26-14-24-9-7-8-10-25(24)15-27(26)31-19-38-20-33-29-22(3)12-21(2)13-23(29)4/h7-10,12-15,28,31-33H,5-6,11,16-20H2,1-4H3,(H,34,35)/t28-/m0/s1. The molecule has 3 rings (SSSR count). The number of rotatable bonds is 17. The average Bonchev–Trinajstić information content (AvgIpc) is 2.88. The van der Waals surface area contributed by atoms with Gasteiger partial charge in [0.1, 0.15) is 19.5 Å². The summed E-state index contributed by atoms with van der Waals surface area (Å²) in [6, 6.07) is 15.8. The van der Waals surface area contributed by atoms with Gasteiger partial charge in [0.25, 0.3) is 0 Å². The molecule has 1 atom stereocenters. The number of unbranched alkanes of at least 4 members (excludes halogenated alkanes) is 1. The highest BCUT2D eigenvalue weighted by Crippen LogP contribution is 2.25. The number of hydrogen-bond acceptors (Lipinski definition) is 7. The van der Waals surface area contributed by atoms with Crippen molar-refractivity contribution in [1.82, 2.24) is 5.32 Å². The van der Waals surface area contributed by atoms with E-state index < -0.39 is 12.0 Å². The second-order valence-corrected chi connectivity index (χ2v) is 9.49. The topological polar surface area (TPSA) is 101 Å².